The fourth-order valence-corrected chi connectivity index (χ4v) is 3.19. The fraction of sp³-hybridized carbons (Fsp3) is 0.261. The molecule has 0 aromatic heterocycles. The molecule has 2 aromatic rings. The molecule has 1 saturated heterocycles. The Labute approximate surface area is 175 Å². The van der Waals surface area contributed by atoms with E-state index in [1.165, 1.54) is 25.8 Å². The van der Waals surface area contributed by atoms with Crippen molar-refractivity contribution < 1.29 is 19.1 Å². The number of carbonyl (C=O) groups excluding carboxylic acids is 3. The number of nitrogens with one attached hydrogen (secondary N) is 2. The summed E-state index contributed by atoms with van der Waals surface area (Å²) in [5.74, 6) is -1.65. The second kappa shape index (κ2) is 10.2. The first-order chi connectivity index (χ1) is 14.5. The fourth-order valence-electron chi connectivity index (χ4n) is 3.19. The van der Waals surface area contributed by atoms with E-state index in [0.717, 1.165) is 24.3 Å². The van der Waals surface area contributed by atoms with Crippen molar-refractivity contribution in [3.63, 3.8) is 0 Å². The van der Waals surface area contributed by atoms with E-state index in [-0.39, 0.29) is 5.70 Å². The van der Waals surface area contributed by atoms with Gasteiger partial charge in [0.1, 0.15) is 5.70 Å². The normalized spacial score (nSPS) is 13.6. The Kier molecular flexibility index (Phi) is 7.21. The van der Waals surface area contributed by atoms with Crippen LogP contribution in [0.2, 0.25) is 0 Å². The van der Waals surface area contributed by atoms with Gasteiger partial charge in [-0.1, -0.05) is 30.3 Å². The van der Waals surface area contributed by atoms with Crippen molar-refractivity contribution in [3.8, 4) is 0 Å². The Morgan fingerprint density at radius 1 is 1.00 bits per heavy atom. The van der Waals surface area contributed by atoms with Gasteiger partial charge in [-0.05, 0) is 48.7 Å². The van der Waals surface area contributed by atoms with Crippen LogP contribution in [-0.2, 0) is 19.1 Å². The van der Waals surface area contributed by atoms with E-state index >= 15 is 0 Å². The summed E-state index contributed by atoms with van der Waals surface area (Å²) >= 11 is 0. The molecular formula is C23H25N3O4. The van der Waals surface area contributed by atoms with E-state index in [1.807, 2.05) is 42.5 Å². The van der Waals surface area contributed by atoms with E-state index in [0.29, 0.717) is 5.69 Å². The van der Waals surface area contributed by atoms with Gasteiger partial charge in [-0.3, -0.25) is 9.59 Å². The molecule has 1 aliphatic heterocycles. The number of ether oxygens (including phenoxy) is 1. The Morgan fingerprint density at radius 3 is 2.30 bits per heavy atom. The zero-order valence-corrected chi connectivity index (χ0v) is 16.9. The van der Waals surface area contributed by atoms with E-state index in [2.05, 4.69) is 15.5 Å². The summed E-state index contributed by atoms with van der Waals surface area (Å²) in [7, 11) is 0. The number of carbonyl (C=O) groups is 3. The van der Waals surface area contributed by atoms with Crippen molar-refractivity contribution in [2.24, 2.45) is 0 Å². The van der Waals surface area contributed by atoms with E-state index in [9.17, 15) is 14.4 Å². The maximum Gasteiger partial charge on any atom is 0.355 e. The summed E-state index contributed by atoms with van der Waals surface area (Å²) in [6.45, 7) is 2.94. The molecule has 0 unspecified atom stereocenters. The minimum Gasteiger partial charge on any atom is -0.451 e. The zero-order valence-electron chi connectivity index (χ0n) is 16.9. The topological polar surface area (TPSA) is 87.7 Å². The Balaban J connectivity index is 1.55. The molecule has 1 heterocycles. The van der Waals surface area contributed by atoms with E-state index in [1.54, 1.807) is 12.1 Å². The molecule has 2 aromatic carbocycles. The summed E-state index contributed by atoms with van der Waals surface area (Å²) < 4.78 is 5.07. The molecule has 2 amide bonds. The molecule has 7 heteroatoms. The van der Waals surface area contributed by atoms with Crippen LogP contribution in [0.1, 0.15) is 25.3 Å². The van der Waals surface area contributed by atoms with Crippen molar-refractivity contribution in [3.05, 3.63) is 65.9 Å². The molecule has 0 spiro atoms. The Bertz CT molecular complexity index is 917. The largest absolute Gasteiger partial charge is 0.451 e. The molecule has 0 saturated carbocycles. The van der Waals surface area contributed by atoms with Gasteiger partial charge in [0.05, 0.1) is 0 Å². The molecule has 2 N–H and O–H groups in total. The highest BCUT2D eigenvalue weighted by Crippen LogP contribution is 2.22. The molecule has 30 heavy (non-hydrogen) atoms. The average molecular weight is 407 g/mol. The van der Waals surface area contributed by atoms with Gasteiger partial charge in [0.25, 0.3) is 5.91 Å². The molecular weight excluding hydrogens is 382 g/mol. The Morgan fingerprint density at radius 2 is 1.67 bits per heavy atom. The first-order valence-electron chi connectivity index (χ1n) is 9.87. The molecule has 3 rings (SSSR count). The summed E-state index contributed by atoms with van der Waals surface area (Å²) in [4.78, 5) is 38.2. The number of rotatable bonds is 7. The average Bonchev–Trinajstić information content (AvgIpc) is 3.27. The van der Waals surface area contributed by atoms with Gasteiger partial charge in [-0.2, -0.15) is 0 Å². The lowest BCUT2D eigenvalue weighted by molar-refractivity contribution is -0.144. The van der Waals surface area contributed by atoms with Crippen LogP contribution in [0.15, 0.2) is 60.3 Å². The van der Waals surface area contributed by atoms with Crippen LogP contribution in [0.4, 0.5) is 11.4 Å². The third kappa shape index (κ3) is 6.20. The zero-order chi connectivity index (χ0) is 21.3. The number of esters is 1. The molecule has 0 aliphatic carbocycles. The van der Waals surface area contributed by atoms with Gasteiger partial charge in [0.2, 0.25) is 5.91 Å². The summed E-state index contributed by atoms with van der Waals surface area (Å²) in [5.41, 5.74) is 2.45. The molecule has 0 bridgehead atoms. The summed E-state index contributed by atoms with van der Waals surface area (Å²) in [6, 6.07) is 16.6. The molecule has 1 fully saturated rings. The minimum atomic E-state index is -0.784. The lowest BCUT2D eigenvalue weighted by Gasteiger charge is -2.17. The van der Waals surface area contributed by atoms with E-state index < -0.39 is 24.4 Å². The molecule has 7 nitrogen and oxygen atoms in total. The molecule has 1 aliphatic rings. The molecule has 156 valence electrons. The van der Waals surface area contributed by atoms with Crippen molar-refractivity contribution in [2.75, 3.05) is 29.9 Å². The van der Waals surface area contributed by atoms with Crippen molar-refractivity contribution in [2.45, 2.75) is 19.8 Å². The molecule has 0 radical (unpaired) electrons. The maximum atomic E-state index is 12.3. The van der Waals surface area contributed by atoms with Gasteiger partial charge >= 0.3 is 5.97 Å². The van der Waals surface area contributed by atoms with Gasteiger partial charge in [-0.15, -0.1) is 0 Å². The minimum absolute atomic E-state index is 0.0310. The SMILES string of the molecule is CC(=O)N/C(=C\c1ccccc1)C(=O)OCC(=O)Nc1ccc(N2CCCC2)cc1. The van der Waals surface area contributed by atoms with Crippen LogP contribution < -0.4 is 15.5 Å². The lowest BCUT2D eigenvalue weighted by atomic mass is 10.2. The predicted molar refractivity (Wildman–Crippen MR) is 116 cm³/mol. The van der Waals surface area contributed by atoms with Crippen molar-refractivity contribution in [1.29, 1.82) is 0 Å². The highest BCUT2D eigenvalue weighted by atomic mass is 16.5. The molecule has 0 atom stereocenters. The van der Waals surface area contributed by atoms with Gasteiger partial charge in [0.15, 0.2) is 6.61 Å². The van der Waals surface area contributed by atoms with Crippen LogP contribution in [0.25, 0.3) is 6.08 Å². The van der Waals surface area contributed by atoms with Gasteiger partial charge < -0.3 is 20.3 Å². The van der Waals surface area contributed by atoms with Crippen LogP contribution >= 0.6 is 0 Å². The smallest absolute Gasteiger partial charge is 0.355 e. The van der Waals surface area contributed by atoms with Crippen LogP contribution in [0, 0.1) is 0 Å². The second-order valence-electron chi connectivity index (χ2n) is 7.02. The lowest BCUT2D eigenvalue weighted by Crippen LogP contribution is -2.28. The quantitative estimate of drug-likeness (QED) is 0.544. The number of amides is 2. The number of hydrogen-bond acceptors (Lipinski definition) is 5. The third-order valence-corrected chi connectivity index (χ3v) is 4.60. The van der Waals surface area contributed by atoms with Crippen molar-refractivity contribution >= 4 is 35.2 Å². The van der Waals surface area contributed by atoms with Crippen molar-refractivity contribution in [1.82, 2.24) is 5.32 Å². The van der Waals surface area contributed by atoms with Crippen LogP contribution in [0.5, 0.6) is 0 Å². The second-order valence-corrected chi connectivity index (χ2v) is 7.02. The third-order valence-electron chi connectivity index (χ3n) is 4.60. The predicted octanol–water partition coefficient (Wildman–Crippen LogP) is 2.95. The first kappa shape index (κ1) is 21.1. The maximum absolute atomic E-state index is 12.3. The summed E-state index contributed by atoms with van der Waals surface area (Å²) in [6.07, 6.45) is 3.89. The standard InChI is InChI=1S/C23H25N3O4/c1-17(27)24-21(15-18-7-3-2-4-8-18)23(29)30-16-22(28)25-19-9-11-20(12-10-19)26-13-5-6-14-26/h2-4,7-12,15H,5-6,13-14,16H2,1H3,(H,24,27)(H,25,28)/b21-15-. The van der Waals surface area contributed by atoms with Gasteiger partial charge in [-0.25, -0.2) is 4.79 Å². The Hall–Kier alpha value is -3.61. The number of hydrogen-bond donors (Lipinski definition) is 2. The van der Waals surface area contributed by atoms with Crippen LogP contribution in [-0.4, -0.2) is 37.5 Å². The number of anilines is 2. The van der Waals surface area contributed by atoms with Gasteiger partial charge in [0, 0.05) is 31.4 Å². The van der Waals surface area contributed by atoms with E-state index in [4.69, 9.17) is 4.74 Å². The highest BCUT2D eigenvalue weighted by molar-refractivity contribution is 5.99. The number of nitrogens with zero attached hydrogens (tertiary/aromatic N) is 1. The number of benzene rings is 2. The summed E-state index contributed by atoms with van der Waals surface area (Å²) in [5, 5.41) is 5.15. The highest BCUT2D eigenvalue weighted by Gasteiger charge is 2.16. The first-order valence-corrected chi connectivity index (χ1v) is 9.87. The monoisotopic (exact) mass is 407 g/mol. The van der Waals surface area contributed by atoms with Crippen LogP contribution in [0.3, 0.4) is 0 Å².